The van der Waals surface area contributed by atoms with E-state index in [4.69, 9.17) is 28.8 Å². The highest BCUT2D eigenvalue weighted by molar-refractivity contribution is 6.30. The molecule has 0 spiro atoms. The van der Waals surface area contributed by atoms with E-state index in [-0.39, 0.29) is 107 Å². The van der Waals surface area contributed by atoms with Gasteiger partial charge in [0.15, 0.2) is 11.7 Å². The van der Waals surface area contributed by atoms with Gasteiger partial charge in [-0.05, 0) is 128 Å². The maximum Gasteiger partial charge on any atom is 0.312 e. The molecule has 0 bridgehead atoms. The Kier molecular flexibility index (Phi) is 31.4. The van der Waals surface area contributed by atoms with Gasteiger partial charge in [-0.15, -0.1) is 0 Å². The third-order valence-electron chi connectivity index (χ3n) is 16.9. The number of phenolic OH excluding ortho intramolecular Hbond substituents is 1. The lowest BCUT2D eigenvalue weighted by molar-refractivity contribution is -0.142. The molecule has 5 aromatic rings. The van der Waals surface area contributed by atoms with Gasteiger partial charge in [0, 0.05) is 69.7 Å². The summed E-state index contributed by atoms with van der Waals surface area (Å²) < 4.78 is 0. The van der Waals surface area contributed by atoms with Gasteiger partial charge in [-0.1, -0.05) is 98.2 Å². The first-order chi connectivity index (χ1) is 48.6. The third kappa shape index (κ3) is 26.1. The van der Waals surface area contributed by atoms with E-state index in [0.717, 1.165) is 10.8 Å². The van der Waals surface area contributed by atoms with Gasteiger partial charge in [0.1, 0.15) is 60.1 Å². The number of amides is 12. The van der Waals surface area contributed by atoms with Crippen molar-refractivity contribution < 1.29 is 67.7 Å². The number of aromatic hydroxyl groups is 1. The van der Waals surface area contributed by atoms with Crippen molar-refractivity contribution in [3.05, 3.63) is 143 Å². The zero-order chi connectivity index (χ0) is 74.6. The van der Waals surface area contributed by atoms with Crippen LogP contribution >= 0.6 is 11.6 Å². The van der Waals surface area contributed by atoms with Crippen LogP contribution in [0.15, 0.2) is 121 Å². The monoisotopic (exact) mass is 1430 g/mol. The number of aliphatic hydroxyl groups is 1. The number of nitrogens with one attached hydrogen (secondary N) is 10. The van der Waals surface area contributed by atoms with E-state index in [1.165, 1.54) is 62.3 Å². The standard InChI is InChI=1S/C71H93ClN16O14/c1-40(2)32-54(62(94)82-53(16-10-29-77-70(73)74)69(101)88-31-11-17-60(88)68(100)79-41(3)42(4)90)83-61(93)52(15-9-30-78-71(75)102)81-64(96)56(35-45-21-26-51(92)27-22-45)86-67(99)59(39-89)87-66(98)58(37-47-12-8-28-76-38-47)85-65(97)57(34-44-19-24-50(72)25-20-44)84-63(95)55(80-43(5)91)36-46-18-23-48-13-6-7-14-49(48)33-46/h6-8,12-14,18-28,33,38,40-41,52-60,89,92H,9-11,15-17,29-32,34-37,39H2,1-5H3,(H,79,100)(H,80,91)(H,81,96)(H,82,94)(H,83,93)(H,84,95)(H,85,97)(H,86,99)(H,87,98)(H4,73,74,77)(H3,75,78,102)/t41-,52-,53+,54+,55-,56+,57-,58-,59+,60+/m1/s1. The lowest BCUT2D eigenvalue weighted by Gasteiger charge is -2.31. The molecule has 548 valence electrons. The molecular weight excluding hydrogens is 1340 g/mol. The Morgan fingerprint density at radius 3 is 1.63 bits per heavy atom. The first-order valence-corrected chi connectivity index (χ1v) is 34.0. The summed E-state index contributed by atoms with van der Waals surface area (Å²) in [7, 11) is 0. The summed E-state index contributed by atoms with van der Waals surface area (Å²) >= 11 is 6.23. The molecule has 18 N–H and O–H groups in total. The molecule has 4 aromatic carbocycles. The second-order valence-electron chi connectivity index (χ2n) is 25.6. The predicted molar refractivity (Wildman–Crippen MR) is 380 cm³/mol. The SMILES string of the molecule is CC(=O)N[C@H](Cc1ccc2ccccc2c1)C(=O)N[C@H](Cc1ccc(Cl)cc1)C(=O)N[C@H](Cc1cccnc1)C(=O)N[C@@H](CO)C(=O)N[C@@H](Cc1ccc(O)cc1)C(=O)N[C@H](CCCNC(N)=O)C(=O)N[C@@H](CC(C)C)C(=O)N[C@@H](CCCN=C(N)N)C(=O)N1CCC[C@H]1C(=O)N[C@H](C)C(C)=O. The molecular formula is C71H93ClN16O14. The summed E-state index contributed by atoms with van der Waals surface area (Å²) in [6.07, 6.45) is 2.86. The molecule has 10 atom stereocenters. The summed E-state index contributed by atoms with van der Waals surface area (Å²) in [5.74, 6) is -9.14. The minimum absolute atomic E-state index is 0.00671. The van der Waals surface area contributed by atoms with Crippen LogP contribution < -0.4 is 70.4 Å². The lowest BCUT2D eigenvalue weighted by Crippen LogP contribution is -2.61. The second-order valence-corrected chi connectivity index (χ2v) is 26.0. The average molecular weight is 1430 g/mol. The molecule has 0 saturated carbocycles. The maximum atomic E-state index is 14.9. The van der Waals surface area contributed by atoms with Crippen LogP contribution in [0.3, 0.4) is 0 Å². The number of nitrogens with zero attached hydrogens (tertiary/aromatic N) is 3. The average Bonchev–Trinajstić information content (AvgIpc) is 1.13. The van der Waals surface area contributed by atoms with Crippen LogP contribution in [0.4, 0.5) is 4.79 Å². The van der Waals surface area contributed by atoms with Gasteiger partial charge >= 0.3 is 6.03 Å². The number of phenols is 1. The summed E-state index contributed by atoms with van der Waals surface area (Å²) in [4.78, 5) is 177. The number of urea groups is 1. The van der Waals surface area contributed by atoms with Crippen LogP contribution in [-0.4, -0.2) is 184 Å². The Morgan fingerprint density at radius 1 is 0.569 bits per heavy atom. The highest BCUT2D eigenvalue weighted by atomic mass is 35.5. The minimum Gasteiger partial charge on any atom is -0.508 e. The number of guanidine groups is 1. The van der Waals surface area contributed by atoms with E-state index in [1.807, 2.05) is 42.5 Å². The molecule has 30 nitrogen and oxygen atoms in total. The molecule has 1 aliphatic rings. The Hall–Kier alpha value is -10.7. The van der Waals surface area contributed by atoms with Crippen molar-refractivity contribution in [3.8, 4) is 5.75 Å². The number of Topliss-reactive ketones (excluding diaryl/α,β-unsaturated/α-hetero) is 1. The third-order valence-corrected chi connectivity index (χ3v) is 17.1. The van der Waals surface area contributed by atoms with E-state index in [0.29, 0.717) is 33.7 Å². The van der Waals surface area contributed by atoms with Gasteiger partial charge in [0.05, 0.1) is 12.6 Å². The molecule has 1 aliphatic heterocycles. The van der Waals surface area contributed by atoms with Crippen molar-refractivity contribution in [2.24, 2.45) is 28.1 Å². The largest absolute Gasteiger partial charge is 0.508 e. The summed E-state index contributed by atoms with van der Waals surface area (Å²) in [6.45, 7) is 6.67. The number of hydrogen-bond donors (Lipinski definition) is 15. The van der Waals surface area contributed by atoms with Gasteiger partial charge in [-0.25, -0.2) is 4.79 Å². The molecule has 1 saturated heterocycles. The highest BCUT2D eigenvalue weighted by Crippen LogP contribution is 2.22. The first kappa shape index (κ1) is 80.2. The van der Waals surface area contributed by atoms with E-state index in [2.05, 4.69) is 63.1 Å². The number of pyridine rings is 1. The van der Waals surface area contributed by atoms with Crippen molar-refractivity contribution in [2.75, 3.05) is 26.2 Å². The number of hydrogen-bond acceptors (Lipinski definition) is 16. The topological polar surface area (TPSA) is 472 Å². The number of rotatable bonds is 38. The van der Waals surface area contributed by atoms with Crippen molar-refractivity contribution in [2.45, 2.75) is 166 Å². The smallest absolute Gasteiger partial charge is 0.312 e. The maximum absolute atomic E-state index is 14.9. The van der Waals surface area contributed by atoms with Crippen LogP contribution in [-0.2, 0) is 78.4 Å². The number of benzene rings is 4. The van der Waals surface area contributed by atoms with Crippen LogP contribution in [0.25, 0.3) is 10.8 Å². The minimum atomic E-state index is -1.85. The number of primary amides is 1. The number of aliphatic hydroxyl groups excluding tert-OH is 1. The van der Waals surface area contributed by atoms with Crippen molar-refractivity contribution in [1.29, 1.82) is 0 Å². The summed E-state index contributed by atoms with van der Waals surface area (Å²) in [6, 6.07) is 13.8. The fourth-order valence-electron chi connectivity index (χ4n) is 11.4. The predicted octanol–water partition coefficient (Wildman–Crippen LogP) is 0.388. The number of halogens is 1. The Morgan fingerprint density at radius 2 is 1.07 bits per heavy atom. The molecule has 0 aliphatic carbocycles. The molecule has 6 rings (SSSR count). The number of aromatic nitrogens is 1. The fraction of sp³-hybridized carbons (Fsp3) is 0.437. The van der Waals surface area contributed by atoms with Crippen molar-refractivity contribution in [3.63, 3.8) is 0 Å². The highest BCUT2D eigenvalue weighted by Gasteiger charge is 2.40. The second kappa shape index (κ2) is 39.9. The van der Waals surface area contributed by atoms with Gasteiger partial charge in [0.2, 0.25) is 59.1 Å². The molecule has 2 heterocycles. The van der Waals surface area contributed by atoms with Crippen LogP contribution in [0, 0.1) is 5.92 Å². The molecule has 31 heteroatoms. The first-order valence-electron chi connectivity index (χ1n) is 33.7. The summed E-state index contributed by atoms with van der Waals surface area (Å²) in [5.41, 5.74) is 18.5. The number of fused-ring (bicyclic) bond motifs is 1. The van der Waals surface area contributed by atoms with Crippen LogP contribution in [0.2, 0.25) is 5.02 Å². The molecule has 0 unspecified atom stereocenters. The zero-order valence-electron chi connectivity index (χ0n) is 57.7. The number of carbonyl (C=O) groups excluding carboxylic acids is 12. The Balaban J connectivity index is 1.26. The quantitative estimate of drug-likeness (QED) is 0.0144. The molecule has 1 fully saturated rings. The number of likely N-dealkylation sites (tertiary alicyclic amines) is 1. The molecule has 1 aromatic heterocycles. The van der Waals surface area contributed by atoms with E-state index < -0.39 is 132 Å². The lowest BCUT2D eigenvalue weighted by atomic mass is 9.99. The fourth-order valence-corrected chi connectivity index (χ4v) is 11.6. The molecule has 12 amide bonds. The zero-order valence-corrected chi connectivity index (χ0v) is 58.4. The number of carbonyl (C=O) groups is 12. The van der Waals surface area contributed by atoms with E-state index in [9.17, 15) is 67.7 Å². The molecule has 0 radical (unpaired) electrons. The van der Waals surface area contributed by atoms with Gasteiger partial charge in [-0.3, -0.25) is 62.7 Å². The number of ketones is 1. The van der Waals surface area contributed by atoms with E-state index in [1.54, 1.807) is 50.2 Å². The van der Waals surface area contributed by atoms with Gasteiger partial charge in [-0.2, -0.15) is 0 Å². The normalized spacial score (nSPS) is 15.2. The molecule has 102 heavy (non-hydrogen) atoms. The van der Waals surface area contributed by atoms with E-state index >= 15 is 0 Å². The summed E-state index contributed by atoms with van der Waals surface area (Å²) in [5, 5.41) is 49.7. The van der Waals surface area contributed by atoms with Crippen LogP contribution in [0.1, 0.15) is 102 Å². The number of nitrogens with two attached hydrogens (primary N) is 3. The van der Waals surface area contributed by atoms with Gasteiger partial charge < -0.3 is 85.5 Å². The van der Waals surface area contributed by atoms with Crippen molar-refractivity contribution in [1.82, 2.24) is 63.1 Å². The number of aliphatic imine (C=N–C) groups is 1. The van der Waals surface area contributed by atoms with Gasteiger partial charge in [0.25, 0.3) is 0 Å². The van der Waals surface area contributed by atoms with Crippen LogP contribution in [0.5, 0.6) is 5.75 Å². The Bertz CT molecular complexity index is 3770. The van der Waals surface area contributed by atoms with Crippen molar-refractivity contribution >= 4 is 99.2 Å². The Labute approximate surface area is 596 Å².